The van der Waals surface area contributed by atoms with E-state index in [0.717, 1.165) is 0 Å². The van der Waals surface area contributed by atoms with E-state index in [2.05, 4.69) is 5.32 Å². The largest absolute Gasteiger partial charge is 0.453 e. The fourth-order valence-corrected chi connectivity index (χ4v) is 1.86. The van der Waals surface area contributed by atoms with Gasteiger partial charge in [0.25, 0.3) is 5.91 Å². The van der Waals surface area contributed by atoms with Gasteiger partial charge in [-0.3, -0.25) is 14.4 Å². The first-order chi connectivity index (χ1) is 10.1. The summed E-state index contributed by atoms with van der Waals surface area (Å²) >= 11 is 0. The molecule has 0 saturated carbocycles. The summed E-state index contributed by atoms with van der Waals surface area (Å²) in [7, 11) is 0. The van der Waals surface area contributed by atoms with Gasteiger partial charge in [-0.25, -0.2) is 0 Å². The molecule has 22 heavy (non-hydrogen) atoms. The third-order valence-electron chi connectivity index (χ3n) is 2.92. The molecule has 1 aromatic rings. The Hall–Kier alpha value is -2.17. The number of amides is 1. The number of Topliss-reactive ketones (excluding diaryl/α,β-unsaturated/α-hetero) is 1. The van der Waals surface area contributed by atoms with Gasteiger partial charge < -0.3 is 10.1 Å². The Morgan fingerprint density at radius 3 is 2.32 bits per heavy atom. The van der Waals surface area contributed by atoms with Crippen LogP contribution < -0.4 is 5.32 Å². The highest BCUT2D eigenvalue weighted by atomic mass is 16.5. The number of rotatable bonds is 5. The fourth-order valence-electron chi connectivity index (χ4n) is 1.86. The summed E-state index contributed by atoms with van der Waals surface area (Å²) in [6.07, 6.45) is -0.691. The zero-order chi connectivity index (χ0) is 16.9. The lowest BCUT2D eigenvalue weighted by Gasteiger charge is -2.19. The summed E-state index contributed by atoms with van der Waals surface area (Å²) in [6, 6.07) is 6.71. The molecule has 0 saturated heterocycles. The first-order valence-corrected chi connectivity index (χ1v) is 7.20. The number of esters is 1. The van der Waals surface area contributed by atoms with Crippen LogP contribution in [-0.4, -0.2) is 23.8 Å². The molecule has 1 N–H and O–H groups in total. The summed E-state index contributed by atoms with van der Waals surface area (Å²) in [5.41, 5.74) is 0.636. The van der Waals surface area contributed by atoms with E-state index >= 15 is 0 Å². The second-order valence-corrected chi connectivity index (χ2v) is 6.46. The Morgan fingerprint density at radius 1 is 1.18 bits per heavy atom. The summed E-state index contributed by atoms with van der Waals surface area (Å²) in [6.45, 7) is 8.69. The number of ketones is 1. The van der Waals surface area contributed by atoms with Gasteiger partial charge in [-0.2, -0.15) is 0 Å². The van der Waals surface area contributed by atoms with E-state index in [0.29, 0.717) is 11.3 Å². The zero-order valence-electron chi connectivity index (χ0n) is 13.7. The molecule has 0 radical (unpaired) electrons. The van der Waals surface area contributed by atoms with Gasteiger partial charge in [-0.1, -0.05) is 32.9 Å². The quantitative estimate of drug-likeness (QED) is 0.670. The predicted octanol–water partition coefficient (Wildman–Crippen LogP) is 3.20. The Labute approximate surface area is 131 Å². The molecule has 0 spiro atoms. The molecule has 1 aromatic carbocycles. The first kappa shape index (κ1) is 17.9. The Bertz CT molecular complexity index is 572. The average molecular weight is 305 g/mol. The lowest BCUT2D eigenvalue weighted by molar-refractivity contribution is -0.154. The van der Waals surface area contributed by atoms with E-state index in [1.807, 2.05) is 20.8 Å². The minimum Gasteiger partial charge on any atom is -0.453 e. The van der Waals surface area contributed by atoms with E-state index in [1.165, 1.54) is 13.8 Å². The lowest BCUT2D eigenvalue weighted by atomic mass is 9.92. The van der Waals surface area contributed by atoms with Gasteiger partial charge in [-0.15, -0.1) is 0 Å². The summed E-state index contributed by atoms with van der Waals surface area (Å²) in [5.74, 6) is -1.03. The van der Waals surface area contributed by atoms with E-state index in [1.54, 1.807) is 24.3 Å². The number of para-hydroxylation sites is 1. The highest BCUT2D eigenvalue weighted by Gasteiger charge is 2.23. The maximum absolute atomic E-state index is 12.1. The molecular weight excluding hydrogens is 282 g/mol. The predicted molar refractivity (Wildman–Crippen MR) is 84.7 cm³/mol. The highest BCUT2D eigenvalue weighted by Crippen LogP contribution is 2.20. The molecule has 120 valence electrons. The number of anilines is 1. The smallest absolute Gasteiger partial charge is 0.307 e. The van der Waals surface area contributed by atoms with Crippen LogP contribution in [0.5, 0.6) is 0 Å². The molecule has 5 heteroatoms. The molecule has 1 atom stereocenters. The van der Waals surface area contributed by atoms with Crippen molar-refractivity contribution in [1.82, 2.24) is 0 Å². The van der Waals surface area contributed by atoms with Crippen molar-refractivity contribution in [2.24, 2.45) is 5.41 Å². The van der Waals surface area contributed by atoms with Crippen LogP contribution >= 0.6 is 0 Å². The molecule has 0 aliphatic rings. The van der Waals surface area contributed by atoms with Crippen LogP contribution in [0.1, 0.15) is 51.4 Å². The van der Waals surface area contributed by atoms with Crippen molar-refractivity contribution in [3.05, 3.63) is 29.8 Å². The number of ether oxygens (including phenoxy) is 1. The molecule has 1 unspecified atom stereocenters. The average Bonchev–Trinajstić information content (AvgIpc) is 2.36. The van der Waals surface area contributed by atoms with Gasteiger partial charge in [0.15, 0.2) is 11.9 Å². The van der Waals surface area contributed by atoms with E-state index in [-0.39, 0.29) is 17.6 Å². The molecule has 5 nitrogen and oxygen atoms in total. The minimum atomic E-state index is -0.921. The SMILES string of the molecule is CC(=O)c1ccccc1NC(=O)C(C)OC(=O)CC(C)(C)C. The normalized spacial score (nSPS) is 12.4. The van der Waals surface area contributed by atoms with Crippen LogP contribution in [-0.2, 0) is 14.3 Å². The van der Waals surface area contributed by atoms with Crippen molar-refractivity contribution in [3.63, 3.8) is 0 Å². The number of nitrogens with one attached hydrogen (secondary N) is 1. The van der Waals surface area contributed by atoms with Gasteiger partial charge >= 0.3 is 5.97 Å². The monoisotopic (exact) mass is 305 g/mol. The molecule has 0 aliphatic carbocycles. The number of benzene rings is 1. The van der Waals surface area contributed by atoms with Crippen molar-refractivity contribution in [2.75, 3.05) is 5.32 Å². The Kier molecular flexibility index (Phi) is 5.85. The number of carbonyl (C=O) groups is 3. The summed E-state index contributed by atoms with van der Waals surface area (Å²) in [4.78, 5) is 35.3. The highest BCUT2D eigenvalue weighted by molar-refractivity contribution is 6.04. The van der Waals surface area contributed by atoms with Crippen molar-refractivity contribution in [3.8, 4) is 0 Å². The van der Waals surface area contributed by atoms with Crippen LogP contribution in [0.4, 0.5) is 5.69 Å². The van der Waals surface area contributed by atoms with Gasteiger partial charge in [0.2, 0.25) is 0 Å². The fraction of sp³-hybridized carbons (Fsp3) is 0.471. The van der Waals surface area contributed by atoms with Crippen LogP contribution in [0.15, 0.2) is 24.3 Å². The molecule has 1 amide bonds. The van der Waals surface area contributed by atoms with Crippen LogP contribution in [0.3, 0.4) is 0 Å². The van der Waals surface area contributed by atoms with Gasteiger partial charge in [0.1, 0.15) is 0 Å². The second kappa shape index (κ2) is 7.20. The molecule has 0 bridgehead atoms. The van der Waals surface area contributed by atoms with Crippen molar-refractivity contribution >= 4 is 23.3 Å². The molecule has 1 rings (SSSR count). The summed E-state index contributed by atoms with van der Waals surface area (Å²) < 4.78 is 5.12. The van der Waals surface area contributed by atoms with E-state index in [4.69, 9.17) is 4.74 Å². The van der Waals surface area contributed by atoms with Crippen LogP contribution in [0.25, 0.3) is 0 Å². The van der Waals surface area contributed by atoms with Crippen molar-refractivity contribution in [2.45, 2.75) is 47.1 Å². The van der Waals surface area contributed by atoms with Crippen molar-refractivity contribution in [1.29, 1.82) is 0 Å². The van der Waals surface area contributed by atoms with Crippen molar-refractivity contribution < 1.29 is 19.1 Å². The first-order valence-electron chi connectivity index (χ1n) is 7.20. The molecule has 0 aliphatic heterocycles. The number of carbonyl (C=O) groups excluding carboxylic acids is 3. The number of hydrogen-bond donors (Lipinski definition) is 1. The van der Waals surface area contributed by atoms with E-state index < -0.39 is 18.0 Å². The maximum atomic E-state index is 12.1. The third-order valence-corrected chi connectivity index (χ3v) is 2.92. The lowest BCUT2D eigenvalue weighted by Crippen LogP contribution is -2.31. The topological polar surface area (TPSA) is 72.5 Å². The Balaban J connectivity index is 2.69. The van der Waals surface area contributed by atoms with Crippen LogP contribution in [0, 0.1) is 5.41 Å². The molecule has 0 heterocycles. The second-order valence-electron chi connectivity index (χ2n) is 6.46. The standard InChI is InChI=1S/C17H23NO4/c1-11(19)13-8-6-7-9-14(13)18-16(21)12(2)22-15(20)10-17(3,4)5/h6-9,12H,10H2,1-5H3,(H,18,21). The maximum Gasteiger partial charge on any atom is 0.307 e. The molecule has 0 aromatic heterocycles. The third kappa shape index (κ3) is 5.68. The van der Waals surface area contributed by atoms with E-state index in [9.17, 15) is 14.4 Å². The molecular formula is C17H23NO4. The summed E-state index contributed by atoms with van der Waals surface area (Å²) in [5, 5.41) is 2.62. The van der Waals surface area contributed by atoms with Crippen LogP contribution in [0.2, 0.25) is 0 Å². The van der Waals surface area contributed by atoms with Gasteiger partial charge in [-0.05, 0) is 31.4 Å². The van der Waals surface area contributed by atoms with Gasteiger partial charge in [0, 0.05) is 5.56 Å². The minimum absolute atomic E-state index is 0.145. The number of hydrogen-bond acceptors (Lipinski definition) is 4. The molecule has 0 fully saturated rings. The Morgan fingerprint density at radius 2 is 1.77 bits per heavy atom. The zero-order valence-corrected chi connectivity index (χ0v) is 13.7. The van der Waals surface area contributed by atoms with Gasteiger partial charge in [0.05, 0.1) is 12.1 Å².